The van der Waals surface area contributed by atoms with E-state index < -0.39 is 0 Å². The Morgan fingerprint density at radius 1 is 1.17 bits per heavy atom. The number of hydrogen-bond acceptors (Lipinski definition) is 3. The number of nitrogens with zero attached hydrogens (tertiary/aromatic N) is 2. The van der Waals surface area contributed by atoms with Crippen molar-refractivity contribution < 1.29 is 9.59 Å². The predicted octanol–water partition coefficient (Wildman–Crippen LogP) is 2.79. The van der Waals surface area contributed by atoms with Gasteiger partial charge in [-0.05, 0) is 52.4 Å². The van der Waals surface area contributed by atoms with Crippen LogP contribution in [0.15, 0.2) is 59.7 Å². The van der Waals surface area contributed by atoms with Gasteiger partial charge in [-0.25, -0.2) is 5.43 Å². The molecule has 0 bridgehead atoms. The second-order valence-corrected chi connectivity index (χ2v) is 6.77. The molecule has 0 aliphatic carbocycles. The number of carbonyl (C=O) groups excluding carboxylic acids is 2. The van der Waals surface area contributed by atoms with Crippen molar-refractivity contribution >= 4 is 46.3 Å². The monoisotopic (exact) mass is 433 g/mol. The molecule has 0 saturated carbocycles. The molecular weight excluding hydrogens is 417 g/mol. The van der Waals surface area contributed by atoms with Gasteiger partial charge in [0.15, 0.2) is 0 Å². The minimum atomic E-state index is -0.383. The molecule has 24 heavy (non-hydrogen) atoms. The Morgan fingerprint density at radius 3 is 2.58 bits per heavy atom. The first-order chi connectivity index (χ1) is 11.6. The summed E-state index contributed by atoms with van der Waals surface area (Å²) in [7, 11) is 0. The summed E-state index contributed by atoms with van der Waals surface area (Å²) in [6, 6.07) is 17.2. The topological polar surface area (TPSA) is 61.8 Å². The Bertz CT molecular complexity index is 760. The number of rotatable bonds is 4. The van der Waals surface area contributed by atoms with E-state index >= 15 is 0 Å². The van der Waals surface area contributed by atoms with Crippen molar-refractivity contribution in [3.63, 3.8) is 0 Å². The Balaban J connectivity index is 1.58. The van der Waals surface area contributed by atoms with Crippen molar-refractivity contribution in [1.82, 2.24) is 5.43 Å². The Hall–Kier alpha value is -2.22. The van der Waals surface area contributed by atoms with E-state index in [4.69, 9.17) is 0 Å². The molecule has 1 atom stereocenters. The second kappa shape index (κ2) is 7.57. The summed E-state index contributed by atoms with van der Waals surface area (Å²) in [6.45, 7) is 0.383. The molecule has 0 aromatic heterocycles. The van der Waals surface area contributed by atoms with E-state index in [1.165, 1.54) is 0 Å². The smallest absolute Gasteiger partial charge is 0.245 e. The zero-order chi connectivity index (χ0) is 16.9. The van der Waals surface area contributed by atoms with Gasteiger partial charge in [0.25, 0.3) is 0 Å². The lowest BCUT2D eigenvalue weighted by molar-refractivity contribution is -0.126. The summed E-state index contributed by atoms with van der Waals surface area (Å²) in [4.78, 5) is 26.0. The van der Waals surface area contributed by atoms with Crippen molar-refractivity contribution in [2.45, 2.75) is 6.42 Å². The van der Waals surface area contributed by atoms with E-state index in [1.54, 1.807) is 11.1 Å². The molecule has 1 aliphatic rings. The maximum Gasteiger partial charge on any atom is 0.245 e. The fourth-order valence-electron chi connectivity index (χ4n) is 2.55. The first-order valence-electron chi connectivity index (χ1n) is 7.57. The largest absolute Gasteiger partial charge is 0.312 e. The normalized spacial score (nSPS) is 17.5. The quantitative estimate of drug-likeness (QED) is 0.458. The van der Waals surface area contributed by atoms with E-state index in [0.717, 1.165) is 14.8 Å². The van der Waals surface area contributed by atoms with Gasteiger partial charge in [-0.15, -0.1) is 0 Å². The highest BCUT2D eigenvalue weighted by Crippen LogP contribution is 2.24. The van der Waals surface area contributed by atoms with E-state index in [-0.39, 0.29) is 24.2 Å². The molecular formula is C18H16IN3O2. The molecule has 1 heterocycles. The summed E-state index contributed by atoms with van der Waals surface area (Å²) in [6.07, 6.45) is 1.81. The van der Waals surface area contributed by atoms with Gasteiger partial charge >= 0.3 is 0 Å². The Morgan fingerprint density at radius 2 is 1.88 bits per heavy atom. The van der Waals surface area contributed by atoms with Crippen LogP contribution in [0.1, 0.15) is 12.0 Å². The Labute approximate surface area is 153 Å². The number of nitrogens with one attached hydrogen (secondary N) is 1. The van der Waals surface area contributed by atoms with Gasteiger partial charge in [0.2, 0.25) is 11.8 Å². The van der Waals surface area contributed by atoms with Crippen LogP contribution in [0.4, 0.5) is 5.69 Å². The van der Waals surface area contributed by atoms with Gasteiger partial charge in [0.05, 0.1) is 12.1 Å². The number of para-hydroxylation sites is 1. The Kier molecular flexibility index (Phi) is 5.24. The summed E-state index contributed by atoms with van der Waals surface area (Å²) >= 11 is 2.23. The number of amides is 2. The lowest BCUT2D eigenvalue weighted by Gasteiger charge is -2.16. The second-order valence-electron chi connectivity index (χ2n) is 5.53. The van der Waals surface area contributed by atoms with Gasteiger partial charge in [-0.1, -0.05) is 30.3 Å². The maximum absolute atomic E-state index is 12.2. The fourth-order valence-corrected chi connectivity index (χ4v) is 2.91. The SMILES string of the molecule is O=C(N/N=C/c1ccc(I)cc1)C1CC(=O)N(c2ccccc2)C1. The lowest BCUT2D eigenvalue weighted by Crippen LogP contribution is -2.30. The number of anilines is 1. The number of benzene rings is 2. The standard InChI is InChI=1S/C18H16IN3O2/c19-15-8-6-13(7-9-15)11-20-21-18(24)14-10-17(23)22(12-14)16-4-2-1-3-5-16/h1-9,11,14H,10,12H2,(H,21,24)/b20-11+. The first-order valence-corrected chi connectivity index (χ1v) is 8.65. The molecule has 3 rings (SSSR count). The zero-order valence-electron chi connectivity index (χ0n) is 12.9. The lowest BCUT2D eigenvalue weighted by atomic mass is 10.1. The number of carbonyl (C=O) groups is 2. The molecule has 0 radical (unpaired) electrons. The molecule has 2 aromatic rings. The minimum Gasteiger partial charge on any atom is -0.312 e. The molecule has 2 aromatic carbocycles. The van der Waals surface area contributed by atoms with Crippen molar-refractivity contribution in [1.29, 1.82) is 0 Å². The van der Waals surface area contributed by atoms with Gasteiger partial charge in [-0.2, -0.15) is 5.10 Å². The van der Waals surface area contributed by atoms with Crippen LogP contribution in [0, 0.1) is 9.49 Å². The highest BCUT2D eigenvalue weighted by Gasteiger charge is 2.34. The molecule has 6 heteroatoms. The average molecular weight is 433 g/mol. The van der Waals surface area contributed by atoms with Gasteiger partial charge in [0, 0.05) is 22.2 Å². The van der Waals surface area contributed by atoms with Gasteiger partial charge < -0.3 is 4.90 Å². The summed E-state index contributed by atoms with van der Waals surface area (Å²) in [5, 5.41) is 3.98. The van der Waals surface area contributed by atoms with Crippen LogP contribution < -0.4 is 10.3 Å². The van der Waals surface area contributed by atoms with Crippen LogP contribution in [0.25, 0.3) is 0 Å². The number of halogens is 1. The van der Waals surface area contributed by atoms with E-state index in [0.29, 0.717) is 6.54 Å². The van der Waals surface area contributed by atoms with Crippen LogP contribution in [0.5, 0.6) is 0 Å². The molecule has 1 unspecified atom stereocenters. The average Bonchev–Trinajstić information content (AvgIpc) is 2.99. The van der Waals surface area contributed by atoms with Gasteiger partial charge in [-0.3, -0.25) is 9.59 Å². The summed E-state index contributed by atoms with van der Waals surface area (Å²) in [5.41, 5.74) is 4.26. The molecule has 1 saturated heterocycles. The minimum absolute atomic E-state index is 0.0389. The highest BCUT2D eigenvalue weighted by atomic mass is 127. The van der Waals surface area contributed by atoms with Crippen molar-refractivity contribution in [2.24, 2.45) is 11.0 Å². The molecule has 1 aliphatic heterocycles. The predicted molar refractivity (Wildman–Crippen MR) is 102 cm³/mol. The molecule has 0 spiro atoms. The third kappa shape index (κ3) is 4.00. The van der Waals surface area contributed by atoms with Gasteiger partial charge in [0.1, 0.15) is 0 Å². The van der Waals surface area contributed by atoms with Crippen LogP contribution in [-0.2, 0) is 9.59 Å². The van der Waals surface area contributed by atoms with Crippen molar-refractivity contribution in [2.75, 3.05) is 11.4 Å². The van der Waals surface area contributed by atoms with Crippen LogP contribution in [0.2, 0.25) is 0 Å². The highest BCUT2D eigenvalue weighted by molar-refractivity contribution is 14.1. The third-order valence-corrected chi connectivity index (χ3v) is 4.54. The molecule has 5 nitrogen and oxygen atoms in total. The number of hydrogen-bond donors (Lipinski definition) is 1. The summed E-state index contributed by atoms with van der Waals surface area (Å²) < 4.78 is 1.14. The van der Waals surface area contributed by atoms with Crippen LogP contribution in [-0.4, -0.2) is 24.6 Å². The number of hydrazone groups is 1. The molecule has 122 valence electrons. The zero-order valence-corrected chi connectivity index (χ0v) is 15.0. The van der Waals surface area contributed by atoms with Crippen molar-refractivity contribution in [3.05, 3.63) is 63.7 Å². The molecule has 1 fully saturated rings. The van der Waals surface area contributed by atoms with Crippen LogP contribution >= 0.6 is 22.6 Å². The van der Waals surface area contributed by atoms with Crippen molar-refractivity contribution in [3.8, 4) is 0 Å². The molecule has 1 N–H and O–H groups in total. The molecule has 2 amide bonds. The van der Waals surface area contributed by atoms with E-state index in [2.05, 4.69) is 33.1 Å². The van der Waals surface area contributed by atoms with Crippen LogP contribution in [0.3, 0.4) is 0 Å². The fraction of sp³-hybridized carbons (Fsp3) is 0.167. The first kappa shape index (κ1) is 16.6. The van der Waals surface area contributed by atoms with E-state index in [9.17, 15) is 9.59 Å². The summed E-state index contributed by atoms with van der Waals surface area (Å²) in [5.74, 6) is -0.655. The maximum atomic E-state index is 12.2. The van der Waals surface area contributed by atoms with E-state index in [1.807, 2.05) is 54.6 Å². The third-order valence-electron chi connectivity index (χ3n) is 3.82.